The molecule has 0 saturated carbocycles. The van der Waals surface area contributed by atoms with Crippen molar-refractivity contribution in [2.24, 2.45) is 0 Å². The van der Waals surface area contributed by atoms with Crippen molar-refractivity contribution in [3.05, 3.63) is 70.1 Å². The zero-order valence-corrected chi connectivity index (χ0v) is 18.6. The Labute approximate surface area is 192 Å². The van der Waals surface area contributed by atoms with Gasteiger partial charge >= 0.3 is 6.18 Å². The molecule has 34 heavy (non-hydrogen) atoms. The number of halogens is 4. The van der Waals surface area contributed by atoms with Gasteiger partial charge in [-0.25, -0.2) is 4.39 Å². The quantitative estimate of drug-likeness (QED) is 0.393. The molecule has 0 unspecified atom stereocenters. The molecule has 7 nitrogen and oxygen atoms in total. The molecular formula is C23H20F4N6O. The van der Waals surface area contributed by atoms with Gasteiger partial charge in [0.15, 0.2) is 23.0 Å². The van der Waals surface area contributed by atoms with E-state index < -0.39 is 17.8 Å². The zero-order chi connectivity index (χ0) is 24.2. The Balaban J connectivity index is 1.48. The molecule has 11 heteroatoms. The van der Waals surface area contributed by atoms with E-state index in [1.807, 2.05) is 4.90 Å². The van der Waals surface area contributed by atoms with E-state index in [-0.39, 0.29) is 11.4 Å². The summed E-state index contributed by atoms with van der Waals surface area (Å²) in [6, 6.07) is 6.46. The Morgan fingerprint density at radius 2 is 1.82 bits per heavy atom. The molecule has 1 aliphatic heterocycles. The SMILES string of the molecule is Cc1ccc(Oc2cnc3c(c2)CN(c2nn4c(C(F)(F)F)nnc4c(C)c2C)CC3)c(F)c1. The standard InChI is InChI=1S/C23H20F4N6O/c1-12-4-5-19(17(24)8-12)34-16-9-15-11-32(7-6-18(15)28-10-16)21-14(3)13(2)20-29-30-22(23(25,26)27)33(20)31-21/h4-5,8-10H,6-7,11H2,1-3H3. The van der Waals surface area contributed by atoms with Gasteiger partial charge in [0.1, 0.15) is 5.75 Å². The van der Waals surface area contributed by atoms with E-state index in [0.29, 0.717) is 36.6 Å². The molecule has 0 amide bonds. The molecule has 0 radical (unpaired) electrons. The first-order chi connectivity index (χ1) is 16.1. The number of aromatic nitrogens is 5. The van der Waals surface area contributed by atoms with Crippen molar-refractivity contribution in [3.63, 3.8) is 0 Å². The number of ether oxygens (including phenoxy) is 1. The Kier molecular flexibility index (Phi) is 5.14. The van der Waals surface area contributed by atoms with Crippen molar-refractivity contribution in [2.75, 3.05) is 11.4 Å². The molecule has 1 aromatic carbocycles. The Hall–Kier alpha value is -3.76. The van der Waals surface area contributed by atoms with Crippen LogP contribution in [0.1, 0.15) is 33.8 Å². The molecule has 4 heterocycles. The van der Waals surface area contributed by atoms with Gasteiger partial charge in [-0.05, 0) is 50.1 Å². The van der Waals surface area contributed by atoms with Gasteiger partial charge in [0, 0.05) is 36.3 Å². The predicted molar refractivity (Wildman–Crippen MR) is 115 cm³/mol. The molecule has 4 aromatic rings. The van der Waals surface area contributed by atoms with Crippen LogP contribution < -0.4 is 9.64 Å². The first kappa shape index (κ1) is 22.1. The summed E-state index contributed by atoms with van der Waals surface area (Å²) in [6.45, 7) is 6.17. The second-order valence-electron chi connectivity index (χ2n) is 8.31. The van der Waals surface area contributed by atoms with Crippen LogP contribution in [0.5, 0.6) is 11.5 Å². The average Bonchev–Trinajstić information content (AvgIpc) is 3.22. The molecule has 0 spiro atoms. The molecule has 3 aromatic heterocycles. The number of pyridine rings is 1. The third-order valence-corrected chi connectivity index (χ3v) is 5.95. The lowest BCUT2D eigenvalue weighted by Gasteiger charge is -2.30. The first-order valence-electron chi connectivity index (χ1n) is 10.6. The highest BCUT2D eigenvalue weighted by atomic mass is 19.4. The van der Waals surface area contributed by atoms with Gasteiger partial charge in [-0.1, -0.05) is 6.07 Å². The van der Waals surface area contributed by atoms with Crippen molar-refractivity contribution < 1.29 is 22.3 Å². The molecule has 0 bridgehead atoms. The fourth-order valence-electron chi connectivity index (χ4n) is 4.05. The number of alkyl halides is 3. The molecule has 0 fully saturated rings. The van der Waals surface area contributed by atoms with Gasteiger partial charge in [0.25, 0.3) is 5.82 Å². The van der Waals surface area contributed by atoms with Crippen LogP contribution in [0.2, 0.25) is 0 Å². The predicted octanol–water partition coefficient (Wildman–Crippen LogP) is 4.96. The van der Waals surface area contributed by atoms with Crippen molar-refractivity contribution in [1.29, 1.82) is 0 Å². The average molecular weight is 472 g/mol. The van der Waals surface area contributed by atoms with E-state index in [0.717, 1.165) is 26.9 Å². The van der Waals surface area contributed by atoms with Crippen LogP contribution in [0.3, 0.4) is 0 Å². The minimum Gasteiger partial charge on any atom is -0.453 e. The van der Waals surface area contributed by atoms with Crippen molar-refractivity contribution in [2.45, 2.75) is 39.9 Å². The second kappa shape index (κ2) is 7.93. The van der Waals surface area contributed by atoms with Gasteiger partial charge in [-0.3, -0.25) is 4.98 Å². The fourth-order valence-corrected chi connectivity index (χ4v) is 4.05. The minimum absolute atomic E-state index is 0.0726. The van der Waals surface area contributed by atoms with Gasteiger partial charge in [-0.2, -0.15) is 17.7 Å². The maximum atomic E-state index is 14.2. The van der Waals surface area contributed by atoms with Crippen LogP contribution in [-0.2, 0) is 19.1 Å². The number of hydrogen-bond acceptors (Lipinski definition) is 6. The lowest BCUT2D eigenvalue weighted by molar-refractivity contribution is -0.146. The minimum atomic E-state index is -4.68. The highest BCUT2D eigenvalue weighted by Gasteiger charge is 2.38. The normalized spacial score (nSPS) is 13.9. The van der Waals surface area contributed by atoms with Crippen LogP contribution in [0.15, 0.2) is 30.5 Å². The molecular weight excluding hydrogens is 452 g/mol. The van der Waals surface area contributed by atoms with E-state index in [4.69, 9.17) is 4.74 Å². The van der Waals surface area contributed by atoms with E-state index in [2.05, 4.69) is 20.3 Å². The fraction of sp³-hybridized carbons (Fsp3) is 0.304. The van der Waals surface area contributed by atoms with Crippen LogP contribution in [0.25, 0.3) is 5.65 Å². The summed E-state index contributed by atoms with van der Waals surface area (Å²) >= 11 is 0. The van der Waals surface area contributed by atoms with Crippen LogP contribution >= 0.6 is 0 Å². The maximum Gasteiger partial charge on any atom is 0.453 e. The number of nitrogens with zero attached hydrogens (tertiary/aromatic N) is 6. The molecule has 0 atom stereocenters. The number of fused-ring (bicyclic) bond motifs is 2. The zero-order valence-electron chi connectivity index (χ0n) is 18.6. The molecule has 176 valence electrons. The number of rotatable bonds is 3. The monoisotopic (exact) mass is 472 g/mol. The summed E-state index contributed by atoms with van der Waals surface area (Å²) in [4.78, 5) is 6.34. The largest absolute Gasteiger partial charge is 0.453 e. The summed E-state index contributed by atoms with van der Waals surface area (Å²) in [7, 11) is 0. The van der Waals surface area contributed by atoms with Crippen LogP contribution in [0, 0.1) is 26.6 Å². The smallest absolute Gasteiger partial charge is 0.453 e. The number of anilines is 1. The Morgan fingerprint density at radius 3 is 2.56 bits per heavy atom. The lowest BCUT2D eigenvalue weighted by atomic mass is 10.0. The highest BCUT2D eigenvalue weighted by Crippen LogP contribution is 2.33. The summed E-state index contributed by atoms with van der Waals surface area (Å²) in [5, 5.41) is 11.3. The van der Waals surface area contributed by atoms with Crippen LogP contribution in [0.4, 0.5) is 23.4 Å². The highest BCUT2D eigenvalue weighted by molar-refractivity contribution is 5.60. The van der Waals surface area contributed by atoms with Gasteiger partial charge < -0.3 is 9.64 Å². The lowest BCUT2D eigenvalue weighted by Crippen LogP contribution is -2.33. The summed E-state index contributed by atoms with van der Waals surface area (Å²) in [5.74, 6) is -0.764. The van der Waals surface area contributed by atoms with E-state index in [9.17, 15) is 17.6 Å². The van der Waals surface area contributed by atoms with E-state index >= 15 is 0 Å². The van der Waals surface area contributed by atoms with Gasteiger partial charge in [-0.15, -0.1) is 15.3 Å². The summed E-state index contributed by atoms with van der Waals surface area (Å²) in [5.41, 5.74) is 3.83. The second-order valence-corrected chi connectivity index (χ2v) is 8.31. The van der Waals surface area contributed by atoms with E-state index in [1.165, 1.54) is 6.07 Å². The number of benzene rings is 1. The van der Waals surface area contributed by atoms with E-state index in [1.54, 1.807) is 45.2 Å². The molecule has 0 saturated heterocycles. The number of aryl methyl sites for hydroxylation is 2. The van der Waals surface area contributed by atoms with Crippen molar-refractivity contribution >= 4 is 11.5 Å². The first-order valence-corrected chi connectivity index (χ1v) is 10.6. The molecule has 0 aliphatic carbocycles. The summed E-state index contributed by atoms with van der Waals surface area (Å²) < 4.78 is 60.9. The third kappa shape index (κ3) is 3.80. The maximum absolute atomic E-state index is 14.2. The summed E-state index contributed by atoms with van der Waals surface area (Å²) in [6.07, 6.45) is -2.57. The van der Waals surface area contributed by atoms with Crippen LogP contribution in [-0.4, -0.2) is 31.3 Å². The van der Waals surface area contributed by atoms with Gasteiger partial charge in [0.05, 0.1) is 6.20 Å². The van der Waals surface area contributed by atoms with Crippen molar-refractivity contribution in [3.8, 4) is 11.5 Å². The van der Waals surface area contributed by atoms with Gasteiger partial charge in [0.2, 0.25) is 0 Å². The van der Waals surface area contributed by atoms with Crippen molar-refractivity contribution in [1.82, 2.24) is 24.8 Å². The molecule has 1 aliphatic rings. The Bertz CT molecular complexity index is 1420. The molecule has 0 N–H and O–H groups in total. The topological polar surface area (TPSA) is 68.4 Å². The molecule has 5 rings (SSSR count). The third-order valence-electron chi connectivity index (χ3n) is 5.95. The Morgan fingerprint density at radius 1 is 1.03 bits per heavy atom. The number of hydrogen-bond donors (Lipinski definition) is 0.